The van der Waals surface area contributed by atoms with E-state index in [1.807, 2.05) is 12.1 Å². The number of hydrogen-bond acceptors (Lipinski definition) is 4. The number of Topliss-reactive ketones (excluding diaryl/α,β-unsaturated/α-hetero) is 1. The Bertz CT molecular complexity index is 481. The molecule has 0 N–H and O–H groups in total. The summed E-state index contributed by atoms with van der Waals surface area (Å²) in [6.45, 7) is 3.53. The van der Waals surface area contributed by atoms with Crippen LogP contribution in [0.3, 0.4) is 0 Å². The summed E-state index contributed by atoms with van der Waals surface area (Å²) in [7, 11) is 1.38. The van der Waals surface area contributed by atoms with Gasteiger partial charge in [0.2, 0.25) is 0 Å². The van der Waals surface area contributed by atoms with E-state index in [2.05, 4.69) is 9.64 Å². The van der Waals surface area contributed by atoms with E-state index < -0.39 is 0 Å². The van der Waals surface area contributed by atoms with Gasteiger partial charge in [-0.3, -0.25) is 9.69 Å². The SMILES string of the molecule is COC(=O)c1ccc(CN2CCCC2CC(C)=O)cc1. The number of likely N-dealkylation sites (tertiary alicyclic amines) is 1. The highest BCUT2D eigenvalue weighted by Crippen LogP contribution is 2.22. The van der Waals surface area contributed by atoms with Crippen LogP contribution >= 0.6 is 0 Å². The number of ether oxygens (including phenoxy) is 1. The van der Waals surface area contributed by atoms with Crippen LogP contribution in [0.5, 0.6) is 0 Å². The van der Waals surface area contributed by atoms with Gasteiger partial charge in [-0.15, -0.1) is 0 Å². The van der Waals surface area contributed by atoms with Gasteiger partial charge in [-0.1, -0.05) is 12.1 Å². The van der Waals surface area contributed by atoms with Crippen LogP contribution in [0.25, 0.3) is 0 Å². The maximum atomic E-state index is 11.4. The highest BCUT2D eigenvalue weighted by Gasteiger charge is 2.25. The van der Waals surface area contributed by atoms with E-state index >= 15 is 0 Å². The summed E-state index contributed by atoms with van der Waals surface area (Å²) in [5.41, 5.74) is 1.73. The van der Waals surface area contributed by atoms with Crippen LogP contribution in [-0.4, -0.2) is 36.3 Å². The maximum Gasteiger partial charge on any atom is 0.337 e. The third-order valence-electron chi connectivity index (χ3n) is 3.78. The minimum atomic E-state index is -0.313. The average molecular weight is 275 g/mol. The standard InChI is InChI=1S/C16H21NO3/c1-12(18)10-15-4-3-9-17(15)11-13-5-7-14(8-6-13)16(19)20-2/h5-8,15H,3-4,9-11H2,1-2H3. The van der Waals surface area contributed by atoms with Crippen molar-refractivity contribution in [1.29, 1.82) is 0 Å². The van der Waals surface area contributed by atoms with Gasteiger partial charge < -0.3 is 4.74 Å². The van der Waals surface area contributed by atoms with Gasteiger partial charge in [0.15, 0.2) is 0 Å². The van der Waals surface area contributed by atoms with Crippen LogP contribution in [0.2, 0.25) is 0 Å². The number of ketones is 1. The third-order valence-corrected chi connectivity index (χ3v) is 3.78. The molecule has 1 aromatic rings. The molecule has 20 heavy (non-hydrogen) atoms. The molecule has 1 heterocycles. The number of carbonyl (C=O) groups excluding carboxylic acids is 2. The van der Waals surface area contributed by atoms with E-state index in [0.717, 1.165) is 31.5 Å². The van der Waals surface area contributed by atoms with Crippen molar-refractivity contribution >= 4 is 11.8 Å². The third kappa shape index (κ3) is 3.67. The fourth-order valence-corrected chi connectivity index (χ4v) is 2.76. The molecule has 1 aliphatic rings. The van der Waals surface area contributed by atoms with Gasteiger partial charge in [-0.25, -0.2) is 4.79 Å². The van der Waals surface area contributed by atoms with E-state index in [0.29, 0.717) is 18.0 Å². The Balaban J connectivity index is 1.99. The Morgan fingerprint density at radius 1 is 1.30 bits per heavy atom. The first-order valence-electron chi connectivity index (χ1n) is 7.01. The van der Waals surface area contributed by atoms with Gasteiger partial charge in [-0.2, -0.15) is 0 Å². The molecule has 4 heteroatoms. The quantitative estimate of drug-likeness (QED) is 0.774. The second kappa shape index (κ2) is 6.66. The minimum Gasteiger partial charge on any atom is -0.465 e. The van der Waals surface area contributed by atoms with Gasteiger partial charge in [0, 0.05) is 19.0 Å². The smallest absolute Gasteiger partial charge is 0.337 e. The Labute approximate surface area is 119 Å². The Hall–Kier alpha value is -1.68. The first-order chi connectivity index (χ1) is 9.60. The van der Waals surface area contributed by atoms with E-state index in [1.165, 1.54) is 7.11 Å². The lowest BCUT2D eigenvalue weighted by Crippen LogP contribution is -2.30. The molecule has 1 saturated heterocycles. The number of rotatable bonds is 5. The van der Waals surface area contributed by atoms with Crippen LogP contribution < -0.4 is 0 Å². The molecule has 0 aromatic heterocycles. The lowest BCUT2D eigenvalue weighted by molar-refractivity contribution is -0.118. The molecule has 1 fully saturated rings. The van der Waals surface area contributed by atoms with Crippen molar-refractivity contribution in [2.45, 2.75) is 38.8 Å². The predicted molar refractivity (Wildman–Crippen MR) is 76.5 cm³/mol. The monoisotopic (exact) mass is 275 g/mol. The summed E-state index contributed by atoms with van der Waals surface area (Å²) < 4.78 is 4.68. The first-order valence-corrected chi connectivity index (χ1v) is 7.01. The molecule has 1 aromatic carbocycles. The maximum absolute atomic E-state index is 11.4. The molecule has 0 saturated carbocycles. The summed E-state index contributed by atoms with van der Waals surface area (Å²) in [6, 6.07) is 7.85. The predicted octanol–water partition coefficient (Wildman–Crippen LogP) is 2.42. The molecule has 0 bridgehead atoms. The van der Waals surface area contributed by atoms with Crippen LogP contribution in [-0.2, 0) is 16.1 Å². The van der Waals surface area contributed by atoms with Crippen molar-refractivity contribution in [2.24, 2.45) is 0 Å². The van der Waals surface area contributed by atoms with Crippen molar-refractivity contribution in [3.05, 3.63) is 35.4 Å². The largest absolute Gasteiger partial charge is 0.465 e. The molecule has 0 amide bonds. The van der Waals surface area contributed by atoms with Crippen molar-refractivity contribution in [3.8, 4) is 0 Å². The summed E-state index contributed by atoms with van der Waals surface area (Å²) >= 11 is 0. The molecular weight excluding hydrogens is 254 g/mol. The van der Waals surface area contributed by atoms with Gasteiger partial charge >= 0.3 is 5.97 Å². The van der Waals surface area contributed by atoms with Crippen molar-refractivity contribution in [1.82, 2.24) is 4.90 Å². The van der Waals surface area contributed by atoms with Crippen LogP contribution in [0.4, 0.5) is 0 Å². The van der Waals surface area contributed by atoms with Crippen LogP contribution in [0, 0.1) is 0 Å². The summed E-state index contributed by atoms with van der Waals surface area (Å²) in [4.78, 5) is 25.0. The van der Waals surface area contributed by atoms with E-state index in [4.69, 9.17) is 0 Å². The molecule has 1 atom stereocenters. The molecule has 4 nitrogen and oxygen atoms in total. The highest BCUT2D eigenvalue weighted by atomic mass is 16.5. The van der Waals surface area contributed by atoms with E-state index in [1.54, 1.807) is 19.1 Å². The lowest BCUT2D eigenvalue weighted by Gasteiger charge is -2.23. The molecule has 1 aliphatic heterocycles. The number of hydrogen-bond donors (Lipinski definition) is 0. The number of benzene rings is 1. The average Bonchev–Trinajstić information content (AvgIpc) is 2.85. The normalized spacial score (nSPS) is 19.0. The van der Waals surface area contributed by atoms with Crippen LogP contribution in [0.15, 0.2) is 24.3 Å². The topological polar surface area (TPSA) is 46.6 Å². The molecule has 0 radical (unpaired) electrons. The summed E-state index contributed by atoms with van der Waals surface area (Å²) in [5.74, 6) is -0.0601. The second-order valence-corrected chi connectivity index (χ2v) is 5.36. The van der Waals surface area contributed by atoms with Gasteiger partial charge in [0.05, 0.1) is 12.7 Å². The number of carbonyl (C=O) groups is 2. The van der Waals surface area contributed by atoms with E-state index in [-0.39, 0.29) is 11.8 Å². The van der Waals surface area contributed by atoms with Gasteiger partial charge in [-0.05, 0) is 44.0 Å². The van der Waals surface area contributed by atoms with Gasteiger partial charge in [0.1, 0.15) is 5.78 Å². The minimum absolute atomic E-state index is 0.253. The molecule has 2 rings (SSSR count). The number of methoxy groups -OCH3 is 1. The lowest BCUT2D eigenvalue weighted by atomic mass is 10.1. The second-order valence-electron chi connectivity index (χ2n) is 5.36. The highest BCUT2D eigenvalue weighted by molar-refractivity contribution is 5.89. The fourth-order valence-electron chi connectivity index (χ4n) is 2.76. The zero-order valence-corrected chi connectivity index (χ0v) is 12.1. The number of nitrogens with zero attached hydrogens (tertiary/aromatic N) is 1. The Morgan fingerprint density at radius 2 is 2.00 bits per heavy atom. The zero-order valence-electron chi connectivity index (χ0n) is 12.1. The fraction of sp³-hybridized carbons (Fsp3) is 0.500. The Morgan fingerprint density at radius 3 is 2.60 bits per heavy atom. The molecule has 0 spiro atoms. The van der Waals surface area contributed by atoms with Crippen molar-refractivity contribution in [3.63, 3.8) is 0 Å². The molecular formula is C16H21NO3. The van der Waals surface area contributed by atoms with Crippen molar-refractivity contribution < 1.29 is 14.3 Å². The van der Waals surface area contributed by atoms with Crippen molar-refractivity contribution in [2.75, 3.05) is 13.7 Å². The molecule has 108 valence electrons. The Kier molecular flexibility index (Phi) is 4.90. The van der Waals surface area contributed by atoms with Crippen LogP contribution in [0.1, 0.15) is 42.1 Å². The molecule has 1 unspecified atom stereocenters. The summed E-state index contributed by atoms with van der Waals surface area (Å²) in [5, 5.41) is 0. The first kappa shape index (κ1) is 14.7. The van der Waals surface area contributed by atoms with Gasteiger partial charge in [0.25, 0.3) is 0 Å². The number of esters is 1. The summed E-state index contributed by atoms with van der Waals surface area (Å²) in [6.07, 6.45) is 2.89. The molecule has 0 aliphatic carbocycles. The zero-order chi connectivity index (χ0) is 14.5. The van der Waals surface area contributed by atoms with E-state index in [9.17, 15) is 9.59 Å².